The predicted molar refractivity (Wildman–Crippen MR) is 116 cm³/mol. The first-order valence-electron chi connectivity index (χ1n) is 9.82. The third-order valence-electron chi connectivity index (χ3n) is 4.99. The Kier molecular flexibility index (Phi) is 5.90. The second kappa shape index (κ2) is 8.77. The summed E-state index contributed by atoms with van der Waals surface area (Å²) in [4.78, 5) is 12.2. The highest BCUT2D eigenvalue weighted by molar-refractivity contribution is 7.92. The Balaban J connectivity index is 1.39. The lowest BCUT2D eigenvalue weighted by Crippen LogP contribution is -2.20. The molecule has 8 heteroatoms. The molecule has 0 saturated heterocycles. The summed E-state index contributed by atoms with van der Waals surface area (Å²) >= 11 is 0. The standard InChI is InChI=1S/C23H21FN2O4S/c24-21-9-1-2-10-22(21)26-31(28,29)20-8-4-7-18(14-20)25-23(27)15-30-19-12-11-16-5-3-6-17(16)13-19/h1-2,4,7-14,26H,3,5-6,15H2,(H,25,27). The van der Waals surface area contributed by atoms with Crippen LogP contribution in [0.1, 0.15) is 17.5 Å². The Morgan fingerprint density at radius 2 is 1.77 bits per heavy atom. The number of fused-ring (bicyclic) bond motifs is 1. The zero-order chi connectivity index (χ0) is 21.8. The maximum absolute atomic E-state index is 13.8. The average Bonchev–Trinajstić information content (AvgIpc) is 3.22. The van der Waals surface area contributed by atoms with Crippen molar-refractivity contribution in [3.8, 4) is 5.75 Å². The Morgan fingerprint density at radius 3 is 2.61 bits per heavy atom. The number of amides is 1. The Bertz CT molecular complexity index is 1230. The van der Waals surface area contributed by atoms with Crippen molar-refractivity contribution < 1.29 is 22.3 Å². The number of rotatable bonds is 7. The molecule has 0 bridgehead atoms. The second-order valence-electron chi connectivity index (χ2n) is 7.23. The fourth-order valence-corrected chi connectivity index (χ4v) is 4.59. The van der Waals surface area contributed by atoms with E-state index in [2.05, 4.69) is 10.0 Å². The fraction of sp³-hybridized carbons (Fsp3) is 0.174. The van der Waals surface area contributed by atoms with E-state index in [9.17, 15) is 17.6 Å². The van der Waals surface area contributed by atoms with Crippen molar-refractivity contribution in [1.29, 1.82) is 0 Å². The molecule has 4 rings (SSSR count). The molecule has 0 atom stereocenters. The van der Waals surface area contributed by atoms with Crippen LogP contribution < -0.4 is 14.8 Å². The molecule has 0 spiro atoms. The Hall–Kier alpha value is -3.39. The van der Waals surface area contributed by atoms with Crippen molar-refractivity contribution >= 4 is 27.3 Å². The van der Waals surface area contributed by atoms with E-state index >= 15 is 0 Å². The molecule has 0 heterocycles. The van der Waals surface area contributed by atoms with Crippen LogP contribution in [0, 0.1) is 5.82 Å². The minimum absolute atomic E-state index is 0.104. The van der Waals surface area contributed by atoms with Crippen molar-refractivity contribution in [1.82, 2.24) is 0 Å². The number of carbonyl (C=O) groups is 1. The van der Waals surface area contributed by atoms with Gasteiger partial charge < -0.3 is 10.1 Å². The SMILES string of the molecule is O=C(COc1ccc2c(c1)CCC2)Nc1cccc(S(=O)(=O)Nc2ccccc2F)c1. The lowest BCUT2D eigenvalue weighted by molar-refractivity contribution is -0.118. The van der Waals surface area contributed by atoms with Gasteiger partial charge in [-0.3, -0.25) is 9.52 Å². The van der Waals surface area contributed by atoms with E-state index in [1.807, 2.05) is 18.2 Å². The van der Waals surface area contributed by atoms with Gasteiger partial charge in [0.05, 0.1) is 10.6 Å². The summed E-state index contributed by atoms with van der Waals surface area (Å²) in [6, 6.07) is 17.0. The minimum atomic E-state index is -4.03. The largest absolute Gasteiger partial charge is 0.484 e. The lowest BCUT2D eigenvalue weighted by atomic mass is 10.1. The first-order chi connectivity index (χ1) is 14.9. The van der Waals surface area contributed by atoms with Gasteiger partial charge in [-0.25, -0.2) is 12.8 Å². The molecule has 160 valence electrons. The number of ether oxygens (including phenoxy) is 1. The first-order valence-corrected chi connectivity index (χ1v) is 11.3. The van der Waals surface area contributed by atoms with Gasteiger partial charge in [0, 0.05) is 5.69 Å². The van der Waals surface area contributed by atoms with Gasteiger partial charge in [-0.1, -0.05) is 24.3 Å². The number of carbonyl (C=O) groups excluding carboxylic acids is 1. The summed E-state index contributed by atoms with van der Waals surface area (Å²) in [5.41, 5.74) is 2.70. The molecule has 0 fully saturated rings. The molecule has 3 aromatic rings. The van der Waals surface area contributed by atoms with Crippen LogP contribution >= 0.6 is 0 Å². The third-order valence-corrected chi connectivity index (χ3v) is 6.35. The van der Waals surface area contributed by atoms with E-state index in [1.165, 1.54) is 47.5 Å². The molecule has 1 amide bonds. The molecular formula is C23H21FN2O4S. The van der Waals surface area contributed by atoms with Crippen LogP contribution in [0.25, 0.3) is 0 Å². The molecule has 0 aliphatic heterocycles. The molecule has 0 radical (unpaired) electrons. The summed E-state index contributed by atoms with van der Waals surface area (Å²) in [5.74, 6) is -0.474. The van der Waals surface area contributed by atoms with Crippen molar-refractivity contribution in [3.63, 3.8) is 0 Å². The molecular weight excluding hydrogens is 419 g/mol. The highest BCUT2D eigenvalue weighted by Gasteiger charge is 2.17. The fourth-order valence-electron chi connectivity index (χ4n) is 3.47. The second-order valence-corrected chi connectivity index (χ2v) is 8.92. The predicted octanol–water partition coefficient (Wildman–Crippen LogP) is 4.13. The molecule has 31 heavy (non-hydrogen) atoms. The average molecular weight is 440 g/mol. The summed E-state index contributed by atoms with van der Waals surface area (Å²) in [7, 11) is -4.03. The van der Waals surface area contributed by atoms with Crippen LogP contribution in [-0.4, -0.2) is 20.9 Å². The molecule has 1 aliphatic rings. The van der Waals surface area contributed by atoms with Gasteiger partial charge in [-0.05, 0) is 72.9 Å². The van der Waals surface area contributed by atoms with Gasteiger partial charge >= 0.3 is 0 Å². The first kappa shape index (κ1) is 20.9. The molecule has 0 aromatic heterocycles. The number of aryl methyl sites for hydroxylation is 2. The van der Waals surface area contributed by atoms with Gasteiger partial charge in [0.15, 0.2) is 6.61 Å². The summed E-state index contributed by atoms with van der Waals surface area (Å²) in [6.45, 7) is -0.205. The maximum Gasteiger partial charge on any atom is 0.262 e. The number of hydrogen-bond acceptors (Lipinski definition) is 4. The summed E-state index contributed by atoms with van der Waals surface area (Å²) in [5, 5.41) is 2.62. The number of hydrogen-bond donors (Lipinski definition) is 2. The number of anilines is 2. The van der Waals surface area contributed by atoms with E-state index in [4.69, 9.17) is 4.74 Å². The highest BCUT2D eigenvalue weighted by atomic mass is 32.2. The quantitative estimate of drug-likeness (QED) is 0.579. The molecule has 2 N–H and O–H groups in total. The van der Waals surface area contributed by atoms with Crippen molar-refractivity contribution in [2.75, 3.05) is 16.6 Å². The molecule has 0 unspecified atom stereocenters. The molecule has 3 aromatic carbocycles. The number of nitrogens with one attached hydrogen (secondary N) is 2. The van der Waals surface area contributed by atoms with Crippen LogP contribution in [0.15, 0.2) is 71.6 Å². The summed E-state index contributed by atoms with van der Waals surface area (Å²) < 4.78 is 46.7. The van der Waals surface area contributed by atoms with Crippen LogP contribution in [0.5, 0.6) is 5.75 Å². The minimum Gasteiger partial charge on any atom is -0.484 e. The Morgan fingerprint density at radius 1 is 0.968 bits per heavy atom. The smallest absolute Gasteiger partial charge is 0.262 e. The van der Waals surface area contributed by atoms with Gasteiger partial charge in [-0.15, -0.1) is 0 Å². The topological polar surface area (TPSA) is 84.5 Å². The van der Waals surface area contributed by atoms with E-state index in [0.717, 1.165) is 25.3 Å². The molecule has 6 nitrogen and oxygen atoms in total. The van der Waals surface area contributed by atoms with Crippen LogP contribution in [-0.2, 0) is 27.7 Å². The van der Waals surface area contributed by atoms with Gasteiger partial charge in [0.25, 0.3) is 15.9 Å². The van der Waals surface area contributed by atoms with E-state index in [0.29, 0.717) is 11.4 Å². The van der Waals surface area contributed by atoms with E-state index in [1.54, 1.807) is 6.07 Å². The number of benzene rings is 3. The van der Waals surface area contributed by atoms with Crippen molar-refractivity contribution in [2.45, 2.75) is 24.2 Å². The molecule has 1 aliphatic carbocycles. The monoisotopic (exact) mass is 440 g/mol. The zero-order valence-corrected chi connectivity index (χ0v) is 17.4. The van der Waals surface area contributed by atoms with Gasteiger partial charge in [-0.2, -0.15) is 0 Å². The van der Waals surface area contributed by atoms with E-state index in [-0.39, 0.29) is 17.2 Å². The van der Waals surface area contributed by atoms with Gasteiger partial charge in [0.2, 0.25) is 0 Å². The Labute approximate surface area is 180 Å². The van der Waals surface area contributed by atoms with Crippen LogP contribution in [0.4, 0.5) is 15.8 Å². The van der Waals surface area contributed by atoms with Crippen LogP contribution in [0.3, 0.4) is 0 Å². The van der Waals surface area contributed by atoms with E-state index < -0.39 is 21.7 Å². The lowest BCUT2D eigenvalue weighted by Gasteiger charge is -2.11. The zero-order valence-electron chi connectivity index (χ0n) is 16.6. The van der Waals surface area contributed by atoms with Gasteiger partial charge in [0.1, 0.15) is 11.6 Å². The number of halogens is 1. The molecule has 0 saturated carbocycles. The third kappa shape index (κ3) is 5.03. The normalized spacial score (nSPS) is 12.8. The number of para-hydroxylation sites is 1. The summed E-state index contributed by atoms with van der Waals surface area (Å²) in [6.07, 6.45) is 3.21. The van der Waals surface area contributed by atoms with Crippen molar-refractivity contribution in [3.05, 3.63) is 83.7 Å². The maximum atomic E-state index is 13.8. The van der Waals surface area contributed by atoms with Crippen LogP contribution in [0.2, 0.25) is 0 Å². The van der Waals surface area contributed by atoms with Crippen molar-refractivity contribution in [2.24, 2.45) is 0 Å². The highest BCUT2D eigenvalue weighted by Crippen LogP contribution is 2.26. The number of sulfonamides is 1.